The van der Waals surface area contributed by atoms with Crippen molar-refractivity contribution in [2.75, 3.05) is 17.2 Å². The number of ether oxygens (including phenoxy) is 1. The molecule has 2 aliphatic rings. The molecule has 5 nitrogen and oxygen atoms in total. The lowest BCUT2D eigenvalue weighted by atomic mass is 9.51. The summed E-state index contributed by atoms with van der Waals surface area (Å²) in [5, 5.41) is 6.21. The number of nitrogens with two attached hydrogens (primary N) is 1. The van der Waals surface area contributed by atoms with E-state index in [4.69, 9.17) is 10.5 Å². The van der Waals surface area contributed by atoms with Crippen LogP contribution in [0.3, 0.4) is 0 Å². The van der Waals surface area contributed by atoms with E-state index in [0.29, 0.717) is 17.6 Å². The Morgan fingerprint density at radius 3 is 2.81 bits per heavy atom. The maximum Gasteiger partial charge on any atom is 0.316 e. The number of carbonyl (C=O) groups is 1. The van der Waals surface area contributed by atoms with Crippen molar-refractivity contribution in [3.63, 3.8) is 0 Å². The summed E-state index contributed by atoms with van der Waals surface area (Å²) in [4.78, 5) is 10.9. The van der Waals surface area contributed by atoms with Crippen molar-refractivity contribution in [3.05, 3.63) is 24.3 Å². The Kier molecular flexibility index (Phi) is 3.76. The van der Waals surface area contributed by atoms with Gasteiger partial charge in [0.25, 0.3) is 0 Å². The first-order valence-corrected chi connectivity index (χ1v) is 7.69. The van der Waals surface area contributed by atoms with Gasteiger partial charge in [0.05, 0.1) is 6.10 Å². The Balaban J connectivity index is 1.66. The largest absolute Gasteiger partial charge is 0.381 e. The van der Waals surface area contributed by atoms with Crippen molar-refractivity contribution in [1.82, 2.24) is 0 Å². The molecule has 4 N–H and O–H groups in total. The number of primary amides is 1. The van der Waals surface area contributed by atoms with E-state index in [-0.39, 0.29) is 0 Å². The number of benzene rings is 1. The van der Waals surface area contributed by atoms with Gasteiger partial charge < -0.3 is 21.1 Å². The molecule has 0 heterocycles. The molecule has 2 saturated carbocycles. The number of hydrogen-bond donors (Lipinski definition) is 3. The SMILES string of the molecule is CCOC1CC(Nc2cccc(NC(N)=O)c2)C12CCC2. The van der Waals surface area contributed by atoms with E-state index in [1.165, 1.54) is 19.3 Å². The van der Waals surface area contributed by atoms with Crippen LogP contribution < -0.4 is 16.4 Å². The number of anilines is 2. The molecule has 1 aromatic rings. The molecule has 21 heavy (non-hydrogen) atoms. The second kappa shape index (κ2) is 5.56. The van der Waals surface area contributed by atoms with Gasteiger partial charge in [-0.3, -0.25) is 0 Å². The first kappa shape index (κ1) is 14.2. The highest BCUT2D eigenvalue weighted by molar-refractivity contribution is 5.88. The zero-order valence-corrected chi connectivity index (χ0v) is 12.4. The van der Waals surface area contributed by atoms with E-state index < -0.39 is 6.03 Å². The molecule has 5 heteroatoms. The molecule has 1 spiro atoms. The van der Waals surface area contributed by atoms with Crippen molar-refractivity contribution in [1.29, 1.82) is 0 Å². The maximum atomic E-state index is 10.9. The summed E-state index contributed by atoms with van der Waals surface area (Å²) in [6.07, 6.45) is 5.25. The van der Waals surface area contributed by atoms with Crippen LogP contribution in [0.1, 0.15) is 32.6 Å². The van der Waals surface area contributed by atoms with Crippen LogP contribution in [-0.2, 0) is 4.74 Å². The smallest absolute Gasteiger partial charge is 0.316 e. The molecule has 2 amide bonds. The first-order valence-electron chi connectivity index (χ1n) is 7.69. The van der Waals surface area contributed by atoms with Crippen molar-refractivity contribution >= 4 is 17.4 Å². The monoisotopic (exact) mass is 289 g/mol. The minimum atomic E-state index is -0.539. The molecule has 2 aliphatic carbocycles. The van der Waals surface area contributed by atoms with Gasteiger partial charge in [-0.25, -0.2) is 4.79 Å². The average Bonchev–Trinajstić information content (AvgIpc) is 2.35. The van der Waals surface area contributed by atoms with Gasteiger partial charge in [0.2, 0.25) is 0 Å². The van der Waals surface area contributed by atoms with Crippen molar-refractivity contribution in [2.24, 2.45) is 11.1 Å². The van der Waals surface area contributed by atoms with E-state index in [2.05, 4.69) is 17.6 Å². The van der Waals surface area contributed by atoms with Crippen LogP contribution in [0, 0.1) is 5.41 Å². The van der Waals surface area contributed by atoms with Crippen LogP contribution in [0.15, 0.2) is 24.3 Å². The third-order valence-corrected chi connectivity index (χ3v) is 4.91. The third kappa shape index (κ3) is 2.58. The minimum Gasteiger partial charge on any atom is -0.381 e. The van der Waals surface area contributed by atoms with Gasteiger partial charge in [0.15, 0.2) is 0 Å². The number of rotatable bonds is 5. The number of urea groups is 1. The fourth-order valence-electron chi connectivity index (χ4n) is 3.67. The van der Waals surface area contributed by atoms with Gasteiger partial charge in [0.1, 0.15) is 0 Å². The Labute approximate surface area is 125 Å². The molecule has 2 fully saturated rings. The Hall–Kier alpha value is -1.75. The van der Waals surface area contributed by atoms with Crippen LogP contribution in [0.25, 0.3) is 0 Å². The Morgan fingerprint density at radius 1 is 1.43 bits per heavy atom. The lowest BCUT2D eigenvalue weighted by Gasteiger charge is -2.61. The maximum absolute atomic E-state index is 10.9. The van der Waals surface area contributed by atoms with Crippen LogP contribution in [0.2, 0.25) is 0 Å². The van der Waals surface area contributed by atoms with E-state index in [1.54, 1.807) is 0 Å². The molecule has 0 saturated heterocycles. The topological polar surface area (TPSA) is 76.4 Å². The highest BCUT2D eigenvalue weighted by Gasteiger charge is 2.58. The number of carbonyl (C=O) groups excluding carboxylic acids is 1. The van der Waals surface area contributed by atoms with Crippen molar-refractivity contribution in [2.45, 2.75) is 44.8 Å². The van der Waals surface area contributed by atoms with Gasteiger partial charge in [0, 0.05) is 29.4 Å². The zero-order valence-electron chi connectivity index (χ0n) is 12.4. The predicted molar refractivity (Wildman–Crippen MR) is 83.4 cm³/mol. The normalized spacial score (nSPS) is 25.8. The summed E-state index contributed by atoms with van der Waals surface area (Å²) >= 11 is 0. The molecule has 2 atom stereocenters. The molecule has 3 rings (SSSR count). The van der Waals surface area contributed by atoms with E-state index in [0.717, 1.165) is 24.4 Å². The van der Waals surface area contributed by atoms with Crippen molar-refractivity contribution < 1.29 is 9.53 Å². The highest BCUT2D eigenvalue weighted by Crippen LogP contribution is 2.58. The summed E-state index contributed by atoms with van der Waals surface area (Å²) in [5.41, 5.74) is 7.21. The van der Waals surface area contributed by atoms with Crippen LogP contribution in [0.5, 0.6) is 0 Å². The van der Waals surface area contributed by atoms with Crippen LogP contribution in [-0.4, -0.2) is 24.8 Å². The lowest BCUT2D eigenvalue weighted by Crippen LogP contribution is -2.64. The van der Waals surface area contributed by atoms with Crippen LogP contribution in [0.4, 0.5) is 16.2 Å². The molecular weight excluding hydrogens is 266 g/mol. The lowest BCUT2D eigenvalue weighted by molar-refractivity contribution is -0.157. The molecule has 0 radical (unpaired) electrons. The molecule has 0 aromatic heterocycles. The number of amides is 2. The fraction of sp³-hybridized carbons (Fsp3) is 0.562. The van der Waals surface area contributed by atoms with E-state index >= 15 is 0 Å². The average molecular weight is 289 g/mol. The van der Waals surface area contributed by atoms with Gasteiger partial charge in [-0.15, -0.1) is 0 Å². The van der Waals surface area contributed by atoms with Crippen LogP contribution >= 0.6 is 0 Å². The standard InChI is InChI=1S/C16H23N3O2/c1-2-21-14-10-13(16(14)7-4-8-16)18-11-5-3-6-12(9-11)19-15(17)20/h3,5-6,9,13-14,18H,2,4,7-8,10H2,1H3,(H3,17,19,20). The number of hydrogen-bond acceptors (Lipinski definition) is 3. The predicted octanol–water partition coefficient (Wildman–Crippen LogP) is 2.94. The quantitative estimate of drug-likeness (QED) is 0.780. The fourth-order valence-corrected chi connectivity index (χ4v) is 3.67. The molecule has 114 valence electrons. The molecule has 0 aliphatic heterocycles. The highest BCUT2D eigenvalue weighted by atomic mass is 16.5. The zero-order chi connectivity index (χ0) is 14.9. The first-order chi connectivity index (χ1) is 10.1. The second-order valence-corrected chi connectivity index (χ2v) is 6.03. The Morgan fingerprint density at radius 2 is 2.19 bits per heavy atom. The van der Waals surface area contributed by atoms with E-state index in [1.807, 2.05) is 24.3 Å². The van der Waals surface area contributed by atoms with Gasteiger partial charge in [-0.2, -0.15) is 0 Å². The van der Waals surface area contributed by atoms with Gasteiger partial charge >= 0.3 is 6.03 Å². The number of nitrogens with one attached hydrogen (secondary N) is 2. The second-order valence-electron chi connectivity index (χ2n) is 6.03. The molecule has 0 bridgehead atoms. The minimum absolute atomic E-state index is 0.323. The summed E-state index contributed by atoms with van der Waals surface area (Å²) in [7, 11) is 0. The van der Waals surface area contributed by atoms with Crippen molar-refractivity contribution in [3.8, 4) is 0 Å². The van der Waals surface area contributed by atoms with Gasteiger partial charge in [-0.1, -0.05) is 12.5 Å². The summed E-state index contributed by atoms with van der Waals surface area (Å²) < 4.78 is 5.87. The third-order valence-electron chi connectivity index (χ3n) is 4.91. The molecular formula is C16H23N3O2. The summed E-state index contributed by atoms with van der Waals surface area (Å²) in [6, 6.07) is 7.62. The van der Waals surface area contributed by atoms with Gasteiger partial charge in [-0.05, 0) is 44.4 Å². The molecule has 1 aromatic carbocycles. The Bertz CT molecular complexity index is 528. The molecule has 2 unspecified atom stereocenters. The summed E-state index contributed by atoms with van der Waals surface area (Å²) in [5.74, 6) is 0. The van der Waals surface area contributed by atoms with E-state index in [9.17, 15) is 4.79 Å². The summed E-state index contributed by atoms with van der Waals surface area (Å²) in [6.45, 7) is 2.85.